The number of fused-ring (bicyclic) bond motifs is 1. The lowest BCUT2D eigenvalue weighted by Gasteiger charge is -2.32. The van der Waals surface area contributed by atoms with Crippen molar-refractivity contribution in [1.29, 1.82) is 0 Å². The van der Waals surface area contributed by atoms with E-state index in [1.165, 1.54) is 17.0 Å². The molecule has 32 heavy (non-hydrogen) atoms. The van der Waals surface area contributed by atoms with E-state index in [9.17, 15) is 14.0 Å². The molecule has 6 heteroatoms. The minimum Gasteiger partial charge on any atom is -0.490 e. The van der Waals surface area contributed by atoms with Gasteiger partial charge in [0.2, 0.25) is 5.91 Å². The zero-order valence-electron chi connectivity index (χ0n) is 19.0. The molecule has 2 aromatic rings. The highest BCUT2D eigenvalue weighted by molar-refractivity contribution is 5.99. The average Bonchev–Trinajstić information content (AvgIpc) is 2.75. The van der Waals surface area contributed by atoms with Gasteiger partial charge in [0.15, 0.2) is 0 Å². The molecular weight excluding hydrogens is 407 g/mol. The van der Waals surface area contributed by atoms with Crippen molar-refractivity contribution >= 4 is 11.8 Å². The van der Waals surface area contributed by atoms with Gasteiger partial charge in [0.05, 0.1) is 17.7 Å². The summed E-state index contributed by atoms with van der Waals surface area (Å²) < 4.78 is 19.5. The number of benzene rings is 2. The lowest BCUT2D eigenvalue weighted by molar-refractivity contribution is -0.127. The van der Waals surface area contributed by atoms with Gasteiger partial charge in [-0.2, -0.15) is 0 Å². The Morgan fingerprint density at radius 1 is 1.03 bits per heavy atom. The molecule has 3 atom stereocenters. The predicted molar refractivity (Wildman–Crippen MR) is 123 cm³/mol. The van der Waals surface area contributed by atoms with Crippen molar-refractivity contribution in [2.24, 2.45) is 5.92 Å². The number of nitrogens with zero attached hydrogens (tertiary/aromatic N) is 1. The lowest BCUT2D eigenvalue weighted by atomic mass is 9.98. The van der Waals surface area contributed by atoms with E-state index in [0.29, 0.717) is 24.2 Å². The van der Waals surface area contributed by atoms with Crippen molar-refractivity contribution in [3.63, 3.8) is 0 Å². The van der Waals surface area contributed by atoms with E-state index in [1.54, 1.807) is 37.4 Å². The summed E-state index contributed by atoms with van der Waals surface area (Å²) in [5.74, 6) is -0.454. The maximum Gasteiger partial charge on any atom is 0.258 e. The third kappa shape index (κ3) is 5.55. The Kier molecular flexibility index (Phi) is 7.67. The van der Waals surface area contributed by atoms with Crippen LogP contribution in [0.5, 0.6) is 5.75 Å². The van der Waals surface area contributed by atoms with E-state index in [0.717, 1.165) is 5.56 Å². The second-order valence-electron chi connectivity index (χ2n) is 8.59. The fourth-order valence-electron chi connectivity index (χ4n) is 4.00. The Balaban J connectivity index is 1.99. The first kappa shape index (κ1) is 23.5. The molecule has 0 saturated carbocycles. The third-order valence-electron chi connectivity index (χ3n) is 5.68. The smallest absolute Gasteiger partial charge is 0.258 e. The van der Waals surface area contributed by atoms with Crippen molar-refractivity contribution in [3.05, 3.63) is 77.6 Å². The van der Waals surface area contributed by atoms with Crippen LogP contribution >= 0.6 is 0 Å². The largest absolute Gasteiger partial charge is 0.490 e. The summed E-state index contributed by atoms with van der Waals surface area (Å²) >= 11 is 0. The van der Waals surface area contributed by atoms with Crippen molar-refractivity contribution in [2.75, 3.05) is 7.05 Å². The number of likely N-dealkylation sites (N-methyl/N-ethyl adjacent to an activating group) is 1. The summed E-state index contributed by atoms with van der Waals surface area (Å²) in [6, 6.07) is 12.2. The van der Waals surface area contributed by atoms with E-state index < -0.39 is 6.04 Å². The minimum absolute atomic E-state index is 0.117. The summed E-state index contributed by atoms with van der Waals surface area (Å²) in [6.07, 6.45) is 5.08. The average molecular weight is 439 g/mol. The maximum atomic E-state index is 13.4. The Hall–Kier alpha value is -3.15. The van der Waals surface area contributed by atoms with Crippen LogP contribution < -0.4 is 10.1 Å². The van der Waals surface area contributed by atoms with Gasteiger partial charge in [-0.25, -0.2) is 4.39 Å². The normalized spacial score (nSPS) is 23.7. The predicted octanol–water partition coefficient (Wildman–Crippen LogP) is 4.90. The monoisotopic (exact) mass is 438 g/mol. The number of carbonyl (C=O) groups is 2. The van der Waals surface area contributed by atoms with Gasteiger partial charge in [0.1, 0.15) is 17.6 Å². The van der Waals surface area contributed by atoms with Gasteiger partial charge in [-0.3, -0.25) is 9.59 Å². The van der Waals surface area contributed by atoms with Gasteiger partial charge in [-0.1, -0.05) is 50.3 Å². The van der Waals surface area contributed by atoms with Crippen LogP contribution in [0.15, 0.2) is 60.7 Å². The van der Waals surface area contributed by atoms with E-state index in [4.69, 9.17) is 4.74 Å². The van der Waals surface area contributed by atoms with Crippen LogP contribution in [0.3, 0.4) is 0 Å². The van der Waals surface area contributed by atoms with Crippen molar-refractivity contribution < 1.29 is 18.7 Å². The second-order valence-corrected chi connectivity index (χ2v) is 8.59. The topological polar surface area (TPSA) is 58.6 Å². The fourth-order valence-corrected chi connectivity index (χ4v) is 4.00. The molecule has 1 heterocycles. The molecule has 0 fully saturated rings. The number of carbonyl (C=O) groups excluding carboxylic acids is 2. The zero-order valence-corrected chi connectivity index (χ0v) is 19.0. The van der Waals surface area contributed by atoms with Crippen LogP contribution in [0.4, 0.5) is 4.39 Å². The standard InChI is InChI=1S/C26H31FN2O3/c1-17(2)24-25(30)28-22(19-13-15-20(27)16-14-19)11-7-5-9-18(3)32-23-12-8-6-10-21(23)26(31)29(24)4/h5-8,10,12-18,22,24H,9,11H2,1-4H3,(H,28,30)/b7-5+/t18-,22+,24-/m0/s1. The summed E-state index contributed by atoms with van der Waals surface area (Å²) in [4.78, 5) is 28.2. The van der Waals surface area contributed by atoms with Gasteiger partial charge >= 0.3 is 0 Å². The molecule has 0 aromatic heterocycles. The zero-order chi connectivity index (χ0) is 23.3. The molecule has 3 rings (SSSR count). The summed E-state index contributed by atoms with van der Waals surface area (Å²) in [5.41, 5.74) is 1.24. The van der Waals surface area contributed by atoms with Crippen LogP contribution in [-0.4, -0.2) is 35.9 Å². The molecule has 1 aliphatic rings. The highest BCUT2D eigenvalue weighted by Crippen LogP contribution is 2.25. The summed E-state index contributed by atoms with van der Waals surface area (Å²) in [5, 5.41) is 3.09. The molecule has 5 nitrogen and oxygen atoms in total. The number of amides is 2. The minimum atomic E-state index is -0.678. The SMILES string of the molecule is CC(C)[C@H]1C(=O)N[C@@H](c2ccc(F)cc2)C/C=C/C[C@H](C)Oc2ccccc2C(=O)N1C. The van der Waals surface area contributed by atoms with Crippen LogP contribution in [-0.2, 0) is 4.79 Å². The number of hydrogen-bond donors (Lipinski definition) is 1. The van der Waals surface area contributed by atoms with Crippen molar-refractivity contribution in [3.8, 4) is 5.75 Å². The van der Waals surface area contributed by atoms with Gasteiger partial charge < -0.3 is 15.0 Å². The van der Waals surface area contributed by atoms with Crippen LogP contribution in [0.25, 0.3) is 0 Å². The molecule has 170 valence electrons. The summed E-state index contributed by atoms with van der Waals surface area (Å²) in [6.45, 7) is 5.78. The maximum absolute atomic E-state index is 13.4. The number of hydrogen-bond acceptors (Lipinski definition) is 3. The first-order valence-corrected chi connectivity index (χ1v) is 11.0. The molecule has 0 spiro atoms. The van der Waals surface area contributed by atoms with E-state index in [1.807, 2.05) is 39.0 Å². The third-order valence-corrected chi connectivity index (χ3v) is 5.68. The number of ether oxygens (including phenoxy) is 1. The highest BCUT2D eigenvalue weighted by Gasteiger charge is 2.33. The number of para-hydroxylation sites is 1. The lowest BCUT2D eigenvalue weighted by Crippen LogP contribution is -2.51. The number of rotatable bonds is 2. The molecule has 2 amide bonds. The Morgan fingerprint density at radius 3 is 2.38 bits per heavy atom. The van der Waals surface area contributed by atoms with Crippen LogP contribution in [0.2, 0.25) is 0 Å². The van der Waals surface area contributed by atoms with Crippen molar-refractivity contribution in [1.82, 2.24) is 10.2 Å². The molecule has 0 aliphatic carbocycles. The van der Waals surface area contributed by atoms with E-state index in [-0.39, 0.29) is 35.7 Å². The summed E-state index contributed by atoms with van der Waals surface area (Å²) in [7, 11) is 1.64. The number of halogens is 1. The Morgan fingerprint density at radius 2 is 1.69 bits per heavy atom. The quantitative estimate of drug-likeness (QED) is 0.679. The second kappa shape index (κ2) is 10.4. The van der Waals surface area contributed by atoms with Gasteiger partial charge in [-0.15, -0.1) is 0 Å². The van der Waals surface area contributed by atoms with Gasteiger partial charge in [-0.05, 0) is 49.1 Å². The molecule has 0 radical (unpaired) electrons. The van der Waals surface area contributed by atoms with Crippen LogP contribution in [0.1, 0.15) is 55.6 Å². The Bertz CT molecular complexity index is 971. The van der Waals surface area contributed by atoms with Crippen molar-refractivity contribution in [2.45, 2.75) is 51.8 Å². The van der Waals surface area contributed by atoms with Gasteiger partial charge in [0.25, 0.3) is 5.91 Å². The molecular formula is C26H31FN2O3. The first-order chi connectivity index (χ1) is 15.3. The Labute approximate surface area is 189 Å². The molecule has 1 N–H and O–H groups in total. The molecule has 2 aromatic carbocycles. The van der Waals surface area contributed by atoms with Crippen LogP contribution in [0, 0.1) is 11.7 Å². The van der Waals surface area contributed by atoms with E-state index >= 15 is 0 Å². The molecule has 0 unspecified atom stereocenters. The molecule has 1 aliphatic heterocycles. The first-order valence-electron chi connectivity index (χ1n) is 11.0. The fraction of sp³-hybridized carbons (Fsp3) is 0.385. The molecule has 0 bridgehead atoms. The van der Waals surface area contributed by atoms with Gasteiger partial charge in [0, 0.05) is 13.5 Å². The van der Waals surface area contributed by atoms with E-state index in [2.05, 4.69) is 5.32 Å². The molecule has 0 saturated heterocycles. The number of nitrogens with one attached hydrogen (secondary N) is 1. The highest BCUT2D eigenvalue weighted by atomic mass is 19.1.